The monoisotopic (exact) mass is 298 g/mol. The summed E-state index contributed by atoms with van der Waals surface area (Å²) in [6.45, 7) is 0.545. The van der Waals surface area contributed by atoms with Crippen LogP contribution in [0.3, 0.4) is 0 Å². The quantitative estimate of drug-likeness (QED) is 0.887. The molecule has 1 aromatic heterocycles. The SMILES string of the molecule is N[C@@H]1CCC[C@H]1CC(=O)NCc1cccc(-n2ccnc2)c1. The van der Waals surface area contributed by atoms with Gasteiger partial charge in [-0.1, -0.05) is 18.6 Å². The van der Waals surface area contributed by atoms with Crippen molar-refractivity contribution in [3.63, 3.8) is 0 Å². The molecule has 0 aliphatic heterocycles. The van der Waals surface area contributed by atoms with E-state index in [4.69, 9.17) is 5.73 Å². The maximum atomic E-state index is 12.0. The lowest BCUT2D eigenvalue weighted by Crippen LogP contribution is -2.31. The van der Waals surface area contributed by atoms with Crippen LogP contribution in [0.5, 0.6) is 0 Å². The fraction of sp³-hybridized carbons (Fsp3) is 0.412. The molecule has 1 heterocycles. The molecular formula is C17H22N4O. The summed E-state index contributed by atoms with van der Waals surface area (Å²) in [6.07, 6.45) is 9.22. The van der Waals surface area contributed by atoms with E-state index in [-0.39, 0.29) is 11.9 Å². The van der Waals surface area contributed by atoms with Gasteiger partial charge in [-0.25, -0.2) is 4.98 Å². The van der Waals surface area contributed by atoms with Crippen LogP contribution in [-0.2, 0) is 11.3 Å². The van der Waals surface area contributed by atoms with E-state index in [1.165, 1.54) is 0 Å². The van der Waals surface area contributed by atoms with Crippen molar-refractivity contribution in [2.75, 3.05) is 0 Å². The number of carbonyl (C=O) groups is 1. The van der Waals surface area contributed by atoms with E-state index in [0.717, 1.165) is 30.5 Å². The van der Waals surface area contributed by atoms with E-state index in [9.17, 15) is 4.79 Å². The van der Waals surface area contributed by atoms with Crippen LogP contribution in [-0.4, -0.2) is 21.5 Å². The highest BCUT2D eigenvalue weighted by Gasteiger charge is 2.25. The average Bonchev–Trinajstić information content (AvgIpc) is 3.18. The van der Waals surface area contributed by atoms with Crippen molar-refractivity contribution in [2.45, 2.75) is 38.3 Å². The second kappa shape index (κ2) is 6.75. The van der Waals surface area contributed by atoms with Gasteiger partial charge in [-0.05, 0) is 36.5 Å². The number of hydrogen-bond donors (Lipinski definition) is 2. The third-order valence-electron chi connectivity index (χ3n) is 4.37. The maximum absolute atomic E-state index is 12.0. The molecule has 1 aromatic carbocycles. The zero-order chi connectivity index (χ0) is 15.4. The summed E-state index contributed by atoms with van der Waals surface area (Å²) in [5.74, 6) is 0.438. The Hall–Kier alpha value is -2.14. The van der Waals surface area contributed by atoms with Crippen molar-refractivity contribution in [3.8, 4) is 5.69 Å². The number of nitrogens with zero attached hydrogens (tertiary/aromatic N) is 2. The fourth-order valence-corrected chi connectivity index (χ4v) is 3.07. The number of nitrogens with two attached hydrogens (primary N) is 1. The van der Waals surface area contributed by atoms with Crippen molar-refractivity contribution in [1.29, 1.82) is 0 Å². The molecule has 2 aromatic rings. The molecule has 1 aliphatic rings. The number of rotatable bonds is 5. The van der Waals surface area contributed by atoms with Crippen LogP contribution in [0.1, 0.15) is 31.2 Å². The zero-order valence-electron chi connectivity index (χ0n) is 12.6. The molecule has 1 amide bonds. The summed E-state index contributed by atoms with van der Waals surface area (Å²) in [6, 6.07) is 8.27. The molecule has 0 unspecified atom stereocenters. The summed E-state index contributed by atoms with van der Waals surface area (Å²) in [7, 11) is 0. The van der Waals surface area contributed by atoms with Crippen LogP contribution in [0.25, 0.3) is 5.69 Å². The molecule has 22 heavy (non-hydrogen) atoms. The van der Waals surface area contributed by atoms with Crippen LogP contribution < -0.4 is 11.1 Å². The number of imidazole rings is 1. The van der Waals surface area contributed by atoms with Gasteiger partial charge < -0.3 is 15.6 Å². The summed E-state index contributed by atoms with van der Waals surface area (Å²) in [5, 5.41) is 3.00. The van der Waals surface area contributed by atoms with Gasteiger partial charge in [0, 0.05) is 37.1 Å². The van der Waals surface area contributed by atoms with Crippen molar-refractivity contribution in [2.24, 2.45) is 11.7 Å². The standard InChI is InChI=1S/C17H22N4O/c18-16-6-2-4-14(16)10-17(22)20-11-13-3-1-5-15(9-13)21-8-7-19-12-21/h1,3,5,7-9,12,14,16H,2,4,6,10-11,18H2,(H,20,22)/t14-,16+/m0/s1. The lowest BCUT2D eigenvalue weighted by Gasteiger charge is -2.15. The van der Waals surface area contributed by atoms with Crippen LogP contribution in [0.4, 0.5) is 0 Å². The predicted molar refractivity (Wildman–Crippen MR) is 85.3 cm³/mol. The Morgan fingerprint density at radius 2 is 2.32 bits per heavy atom. The highest BCUT2D eigenvalue weighted by Crippen LogP contribution is 2.26. The Kier molecular flexibility index (Phi) is 4.53. The smallest absolute Gasteiger partial charge is 0.220 e. The zero-order valence-corrected chi connectivity index (χ0v) is 12.6. The Morgan fingerprint density at radius 3 is 3.05 bits per heavy atom. The molecule has 5 heteroatoms. The van der Waals surface area contributed by atoms with Crippen molar-refractivity contribution >= 4 is 5.91 Å². The molecule has 0 spiro atoms. The average molecular weight is 298 g/mol. The molecule has 3 N–H and O–H groups in total. The Morgan fingerprint density at radius 1 is 1.41 bits per heavy atom. The minimum absolute atomic E-state index is 0.0929. The molecule has 0 radical (unpaired) electrons. The third-order valence-corrected chi connectivity index (χ3v) is 4.37. The van der Waals surface area contributed by atoms with Gasteiger partial charge in [0.05, 0.1) is 6.33 Å². The molecule has 3 rings (SSSR count). The first-order valence-electron chi connectivity index (χ1n) is 7.82. The van der Waals surface area contributed by atoms with Gasteiger partial charge in [-0.2, -0.15) is 0 Å². The number of benzene rings is 1. The summed E-state index contributed by atoms with van der Waals surface area (Å²) in [5.41, 5.74) is 8.14. The van der Waals surface area contributed by atoms with Gasteiger partial charge in [0.2, 0.25) is 5.91 Å². The fourth-order valence-electron chi connectivity index (χ4n) is 3.07. The number of nitrogens with one attached hydrogen (secondary N) is 1. The molecule has 1 saturated carbocycles. The van der Waals surface area contributed by atoms with E-state index >= 15 is 0 Å². The Bertz CT molecular complexity index is 623. The largest absolute Gasteiger partial charge is 0.352 e. The number of carbonyl (C=O) groups excluding carboxylic acids is 1. The number of hydrogen-bond acceptors (Lipinski definition) is 3. The van der Waals surface area contributed by atoms with Gasteiger partial charge in [0.1, 0.15) is 0 Å². The van der Waals surface area contributed by atoms with Crippen LogP contribution in [0.2, 0.25) is 0 Å². The van der Waals surface area contributed by atoms with Crippen molar-refractivity contribution in [1.82, 2.24) is 14.9 Å². The lowest BCUT2D eigenvalue weighted by molar-refractivity contribution is -0.122. The molecule has 116 valence electrons. The summed E-state index contributed by atoms with van der Waals surface area (Å²) in [4.78, 5) is 16.1. The molecular weight excluding hydrogens is 276 g/mol. The maximum Gasteiger partial charge on any atom is 0.220 e. The molecule has 0 bridgehead atoms. The first kappa shape index (κ1) is 14.8. The Labute approximate surface area is 130 Å². The number of amides is 1. The summed E-state index contributed by atoms with van der Waals surface area (Å²) >= 11 is 0. The highest BCUT2D eigenvalue weighted by atomic mass is 16.1. The molecule has 2 atom stereocenters. The van der Waals surface area contributed by atoms with Crippen molar-refractivity contribution in [3.05, 3.63) is 48.5 Å². The van der Waals surface area contributed by atoms with Crippen LogP contribution >= 0.6 is 0 Å². The van der Waals surface area contributed by atoms with E-state index in [2.05, 4.69) is 16.4 Å². The van der Waals surface area contributed by atoms with Gasteiger partial charge in [0.15, 0.2) is 0 Å². The molecule has 5 nitrogen and oxygen atoms in total. The first-order chi connectivity index (χ1) is 10.7. The number of aromatic nitrogens is 2. The molecule has 0 saturated heterocycles. The topological polar surface area (TPSA) is 72.9 Å². The second-order valence-electron chi connectivity index (χ2n) is 5.98. The normalized spacial score (nSPS) is 21.0. The van der Waals surface area contributed by atoms with Gasteiger partial charge >= 0.3 is 0 Å². The van der Waals surface area contributed by atoms with E-state index in [0.29, 0.717) is 18.9 Å². The van der Waals surface area contributed by atoms with Crippen LogP contribution in [0.15, 0.2) is 43.0 Å². The van der Waals surface area contributed by atoms with Gasteiger partial charge in [0.25, 0.3) is 0 Å². The second-order valence-corrected chi connectivity index (χ2v) is 5.98. The van der Waals surface area contributed by atoms with Gasteiger partial charge in [-0.15, -0.1) is 0 Å². The Balaban J connectivity index is 1.55. The molecule has 1 aliphatic carbocycles. The van der Waals surface area contributed by atoms with Crippen molar-refractivity contribution < 1.29 is 4.79 Å². The van der Waals surface area contributed by atoms with Crippen LogP contribution in [0, 0.1) is 5.92 Å². The minimum Gasteiger partial charge on any atom is -0.352 e. The highest BCUT2D eigenvalue weighted by molar-refractivity contribution is 5.76. The van der Waals surface area contributed by atoms with E-state index in [1.54, 1.807) is 12.5 Å². The molecule has 1 fully saturated rings. The van der Waals surface area contributed by atoms with E-state index < -0.39 is 0 Å². The van der Waals surface area contributed by atoms with E-state index in [1.807, 2.05) is 29.0 Å². The van der Waals surface area contributed by atoms with Gasteiger partial charge in [-0.3, -0.25) is 4.79 Å². The summed E-state index contributed by atoms with van der Waals surface area (Å²) < 4.78 is 1.95. The lowest BCUT2D eigenvalue weighted by atomic mass is 10.00. The predicted octanol–water partition coefficient (Wildman–Crippen LogP) is 2.01. The minimum atomic E-state index is 0.0929. The first-order valence-corrected chi connectivity index (χ1v) is 7.82. The third kappa shape index (κ3) is 3.54.